The first-order chi connectivity index (χ1) is 30.2. The topological polar surface area (TPSA) is 125 Å². The van der Waals surface area contributed by atoms with E-state index in [1.807, 2.05) is 36.4 Å². The van der Waals surface area contributed by atoms with Crippen LogP contribution >= 0.6 is 0 Å². The Morgan fingerprint density at radius 2 is 1.03 bits per heavy atom. The number of esters is 2. The van der Waals surface area contributed by atoms with Crippen molar-refractivity contribution in [1.29, 1.82) is 0 Å². The fourth-order valence-corrected chi connectivity index (χ4v) is 10.9. The first-order valence-corrected chi connectivity index (χ1v) is 21.8. The van der Waals surface area contributed by atoms with Crippen LogP contribution < -0.4 is 0 Å². The Morgan fingerprint density at radius 1 is 0.613 bits per heavy atom. The molecule has 12 rings (SSSR count). The van der Waals surface area contributed by atoms with Gasteiger partial charge in [0.15, 0.2) is 0 Å². The first-order valence-electron chi connectivity index (χ1n) is 21.8. The van der Waals surface area contributed by atoms with Crippen LogP contribution in [0.3, 0.4) is 0 Å². The fraction of sp³-hybridized carbons (Fsp3) is 0.308. The van der Waals surface area contributed by atoms with Gasteiger partial charge in [-0.25, -0.2) is 9.59 Å². The summed E-state index contributed by atoms with van der Waals surface area (Å²) in [7, 11) is 0. The zero-order valence-corrected chi connectivity index (χ0v) is 34.6. The Labute approximate surface area is 361 Å². The van der Waals surface area contributed by atoms with Crippen LogP contribution in [0.1, 0.15) is 69.7 Å². The third kappa shape index (κ3) is 7.41. The molecule has 314 valence electrons. The molecule has 0 spiro atoms. The molecule has 6 aliphatic rings. The zero-order chi connectivity index (χ0) is 42.5. The standard InChI is InChI=1S/C52H50N4O6/c1-3-31-29-55-23-19-37(31)25-47(55)49(41-17-21-53-45-15-13-39(57)27-43(41)45)61-51(59)35-9-5-33(6-10-35)34-7-11-36(12-8-34)52(60)62-50(48-26-38-20-24-56(48)30-32(38)4-2)42-18-22-54-46-16-14-40(58)28-44(42)46/h3-18,21-22,27-28,31-32,37-38,47-50,57-58H,1-2,19-20,23-26,29-30H2/t31-,32-,37-,38-,47-,48-,49+,50+/m0/s1. The van der Waals surface area contributed by atoms with Crippen molar-refractivity contribution in [2.75, 3.05) is 26.2 Å². The molecule has 4 aromatic carbocycles. The van der Waals surface area contributed by atoms with Gasteiger partial charge in [-0.3, -0.25) is 19.8 Å². The second kappa shape index (κ2) is 16.5. The van der Waals surface area contributed by atoms with Crippen molar-refractivity contribution >= 4 is 33.7 Å². The number of hydrogen-bond donors (Lipinski definition) is 2. The highest BCUT2D eigenvalue weighted by Crippen LogP contribution is 2.46. The number of phenolic OH excluding ortho intramolecular Hbond substituents is 2. The van der Waals surface area contributed by atoms with E-state index >= 15 is 0 Å². The van der Waals surface area contributed by atoms with Gasteiger partial charge in [0.05, 0.1) is 34.2 Å². The summed E-state index contributed by atoms with van der Waals surface area (Å²) in [6.07, 6.45) is 10.4. The summed E-state index contributed by atoms with van der Waals surface area (Å²) in [6.45, 7) is 11.8. The number of nitrogens with zero attached hydrogens (tertiary/aromatic N) is 4. The van der Waals surface area contributed by atoms with Crippen molar-refractivity contribution in [3.63, 3.8) is 0 Å². The number of aromatic nitrogens is 2. The third-order valence-electron chi connectivity index (χ3n) is 14.2. The third-order valence-corrected chi connectivity index (χ3v) is 14.2. The molecule has 0 aliphatic carbocycles. The first kappa shape index (κ1) is 39.8. The van der Waals surface area contributed by atoms with Gasteiger partial charge < -0.3 is 19.7 Å². The number of carbonyl (C=O) groups is 2. The van der Waals surface area contributed by atoms with E-state index in [2.05, 4.69) is 45.1 Å². The normalized spacial score (nSPS) is 26.1. The van der Waals surface area contributed by atoms with Crippen LogP contribution in [0, 0.1) is 23.7 Å². The number of hydrogen-bond acceptors (Lipinski definition) is 10. The van der Waals surface area contributed by atoms with E-state index in [1.165, 1.54) is 0 Å². The molecule has 0 amide bonds. The fourth-order valence-electron chi connectivity index (χ4n) is 10.9. The maximum absolute atomic E-state index is 14.0. The number of ether oxygens (including phenoxy) is 2. The van der Waals surface area contributed by atoms with E-state index in [9.17, 15) is 19.8 Å². The lowest BCUT2D eigenvalue weighted by molar-refractivity contribution is -0.0569. The molecular formula is C52H50N4O6. The highest BCUT2D eigenvalue weighted by molar-refractivity contribution is 5.92. The Kier molecular flexibility index (Phi) is 10.6. The molecule has 6 aliphatic heterocycles. The van der Waals surface area contributed by atoms with Crippen molar-refractivity contribution < 1.29 is 29.3 Å². The molecule has 6 fully saturated rings. The minimum Gasteiger partial charge on any atom is -0.508 e. The van der Waals surface area contributed by atoms with E-state index < -0.39 is 24.1 Å². The van der Waals surface area contributed by atoms with E-state index in [1.54, 1.807) is 73.1 Å². The number of phenols is 2. The Morgan fingerprint density at radius 3 is 1.40 bits per heavy atom. The molecule has 62 heavy (non-hydrogen) atoms. The number of piperidine rings is 6. The van der Waals surface area contributed by atoms with Crippen LogP contribution in [0.5, 0.6) is 11.5 Å². The van der Waals surface area contributed by atoms with Crippen LogP contribution in [0.2, 0.25) is 0 Å². The van der Waals surface area contributed by atoms with E-state index in [4.69, 9.17) is 9.47 Å². The summed E-state index contributed by atoms with van der Waals surface area (Å²) >= 11 is 0. The molecule has 2 unspecified atom stereocenters. The highest BCUT2D eigenvalue weighted by Gasteiger charge is 2.46. The molecular weight excluding hydrogens is 777 g/mol. The molecule has 0 saturated carbocycles. The van der Waals surface area contributed by atoms with Crippen molar-refractivity contribution in [3.05, 3.63) is 157 Å². The predicted octanol–water partition coefficient (Wildman–Crippen LogP) is 9.45. The molecule has 2 N–H and O–H groups in total. The van der Waals surface area contributed by atoms with Crippen LogP contribution in [0.4, 0.5) is 0 Å². The van der Waals surface area contributed by atoms with Crippen LogP contribution in [0.25, 0.3) is 32.9 Å². The van der Waals surface area contributed by atoms with Gasteiger partial charge >= 0.3 is 11.9 Å². The minimum atomic E-state index is -0.575. The molecule has 2 aromatic heterocycles. The largest absolute Gasteiger partial charge is 0.508 e. The minimum absolute atomic E-state index is 0.0287. The Hall–Kier alpha value is -6.36. The quantitative estimate of drug-likeness (QED) is 0.0964. The molecule has 8 heterocycles. The maximum Gasteiger partial charge on any atom is 0.338 e. The summed E-state index contributed by atoms with van der Waals surface area (Å²) in [6, 6.07) is 28.6. The molecule has 6 saturated heterocycles. The predicted molar refractivity (Wildman–Crippen MR) is 239 cm³/mol. The van der Waals surface area contributed by atoms with Gasteiger partial charge in [-0.2, -0.15) is 0 Å². The lowest BCUT2D eigenvalue weighted by atomic mass is 9.73. The Balaban J connectivity index is 0.879. The SMILES string of the molecule is C=C[C@H]1CN2CC[C@H]1C[C@H]2[C@H](OC(=O)c1ccc(-c2ccc(C(=O)O[C@H](c3ccnc4ccc(O)cc34)[C@@H]3C[C@@H]4CCN3C[C@@H]4C=C)cc2)cc1)c1ccnc2ccc(O)cc12. The average molecular weight is 827 g/mol. The molecule has 10 heteroatoms. The van der Waals surface area contributed by atoms with E-state index in [-0.39, 0.29) is 23.6 Å². The monoisotopic (exact) mass is 826 g/mol. The number of carbonyl (C=O) groups excluding carboxylic acids is 2. The Bertz CT molecular complexity index is 2500. The number of aromatic hydroxyl groups is 2. The van der Waals surface area contributed by atoms with E-state index in [0.29, 0.717) is 34.8 Å². The van der Waals surface area contributed by atoms with Gasteiger partial charge in [0.25, 0.3) is 0 Å². The van der Waals surface area contributed by atoms with Crippen LogP contribution in [0.15, 0.2) is 135 Å². The van der Waals surface area contributed by atoms with Crippen molar-refractivity contribution in [2.45, 2.75) is 50.0 Å². The number of fused-ring (bicyclic) bond motifs is 8. The van der Waals surface area contributed by atoms with Gasteiger partial charge in [0, 0.05) is 47.4 Å². The smallest absolute Gasteiger partial charge is 0.338 e. The molecule has 6 aromatic rings. The van der Waals surface area contributed by atoms with E-state index in [0.717, 1.165) is 95.9 Å². The van der Waals surface area contributed by atoms with Crippen molar-refractivity contribution in [1.82, 2.24) is 19.8 Å². The van der Waals surface area contributed by atoms with Gasteiger partial charge in [-0.05, 0) is 146 Å². The van der Waals surface area contributed by atoms with Crippen LogP contribution in [-0.4, -0.2) is 80.2 Å². The number of benzene rings is 4. The summed E-state index contributed by atoms with van der Waals surface area (Å²) < 4.78 is 13.0. The summed E-state index contributed by atoms with van der Waals surface area (Å²) in [4.78, 5) is 42.0. The number of rotatable bonds is 11. The lowest BCUT2D eigenvalue weighted by Gasteiger charge is -2.51. The highest BCUT2D eigenvalue weighted by atomic mass is 16.5. The molecule has 10 atom stereocenters. The number of pyridine rings is 2. The van der Waals surface area contributed by atoms with Crippen LogP contribution in [-0.2, 0) is 9.47 Å². The maximum atomic E-state index is 14.0. The van der Waals surface area contributed by atoms with Gasteiger partial charge in [-0.15, -0.1) is 13.2 Å². The van der Waals surface area contributed by atoms with Gasteiger partial charge in [-0.1, -0.05) is 36.4 Å². The summed E-state index contributed by atoms with van der Waals surface area (Å²) in [5, 5.41) is 22.4. The zero-order valence-electron chi connectivity index (χ0n) is 34.6. The van der Waals surface area contributed by atoms with Crippen molar-refractivity contribution in [3.8, 4) is 22.6 Å². The van der Waals surface area contributed by atoms with Crippen molar-refractivity contribution in [2.24, 2.45) is 23.7 Å². The summed E-state index contributed by atoms with van der Waals surface area (Å²) in [5.74, 6) is 1.14. The van der Waals surface area contributed by atoms with Gasteiger partial charge in [0.2, 0.25) is 0 Å². The molecule has 0 radical (unpaired) electrons. The second-order valence-electron chi connectivity index (χ2n) is 17.5. The average Bonchev–Trinajstić information content (AvgIpc) is 3.32. The molecule has 10 nitrogen and oxygen atoms in total. The lowest BCUT2D eigenvalue weighted by Crippen LogP contribution is -2.55. The second-order valence-corrected chi connectivity index (χ2v) is 17.5. The summed E-state index contributed by atoms with van der Waals surface area (Å²) in [5.41, 5.74) is 5.71. The molecule has 4 bridgehead atoms. The van der Waals surface area contributed by atoms with Gasteiger partial charge in [0.1, 0.15) is 23.7 Å².